The van der Waals surface area contributed by atoms with Crippen molar-refractivity contribution in [3.63, 3.8) is 0 Å². The van der Waals surface area contributed by atoms with E-state index in [0.717, 1.165) is 21.5 Å². The number of aryl methyl sites for hydroxylation is 2. The molecule has 1 atom stereocenters. The van der Waals surface area contributed by atoms with Crippen LogP contribution >= 0.6 is 11.3 Å². The first-order valence-corrected chi connectivity index (χ1v) is 8.69. The van der Waals surface area contributed by atoms with Gasteiger partial charge < -0.3 is 10.8 Å². The Morgan fingerprint density at radius 3 is 2.58 bits per heavy atom. The second kappa shape index (κ2) is 6.38. The molecule has 1 unspecified atom stereocenters. The van der Waals surface area contributed by atoms with Gasteiger partial charge in [0.2, 0.25) is 0 Å². The van der Waals surface area contributed by atoms with E-state index in [9.17, 15) is 19.5 Å². The summed E-state index contributed by atoms with van der Waals surface area (Å²) >= 11 is 1.04. The number of fused-ring (bicyclic) bond motifs is 1. The summed E-state index contributed by atoms with van der Waals surface area (Å²) in [6.07, 6.45) is 0. The molecule has 0 aliphatic heterocycles. The number of carboxylic acids is 1. The molecule has 2 aromatic heterocycles. The number of hydrogen-bond acceptors (Lipinski definition) is 5. The molecule has 3 aromatic rings. The molecule has 3 rings (SSSR count). The highest BCUT2D eigenvalue weighted by Crippen LogP contribution is 2.30. The largest absolute Gasteiger partial charge is 0.480 e. The molecule has 0 bridgehead atoms. The Morgan fingerprint density at radius 1 is 1.31 bits per heavy atom. The third kappa shape index (κ3) is 2.78. The molecule has 0 saturated carbocycles. The van der Waals surface area contributed by atoms with Crippen LogP contribution in [0.1, 0.15) is 33.8 Å². The lowest BCUT2D eigenvalue weighted by molar-refractivity contribution is -0.140. The van der Waals surface area contributed by atoms with Crippen LogP contribution < -0.4 is 11.3 Å². The molecule has 134 valence electrons. The highest BCUT2D eigenvalue weighted by molar-refractivity contribution is 7.20. The topological polar surface area (TPSA) is 115 Å². The smallest absolute Gasteiger partial charge is 0.326 e. The number of hydrogen-bond donors (Lipinski definition) is 2. The third-order valence-electron chi connectivity index (χ3n) is 4.24. The van der Waals surface area contributed by atoms with E-state index in [1.807, 2.05) is 25.1 Å². The molecule has 0 aliphatic carbocycles. The lowest BCUT2D eigenvalue weighted by atomic mass is 10.1. The number of aromatic nitrogens is 2. The SMILES string of the molecule is Cc1cccc(-c2nc3sc(C(N)=O)c(C)c3c(=O)n2C(C)C(=O)O)c1. The molecular formula is C18H17N3O4S. The second-order valence-corrected chi connectivity index (χ2v) is 7.09. The lowest BCUT2D eigenvalue weighted by Crippen LogP contribution is -2.30. The first-order valence-electron chi connectivity index (χ1n) is 7.87. The molecule has 26 heavy (non-hydrogen) atoms. The highest BCUT2D eigenvalue weighted by Gasteiger charge is 2.25. The molecule has 0 radical (unpaired) electrons. The van der Waals surface area contributed by atoms with Crippen LogP contribution in [0.3, 0.4) is 0 Å². The summed E-state index contributed by atoms with van der Waals surface area (Å²) in [6, 6.07) is 6.18. The van der Waals surface area contributed by atoms with Crippen LogP contribution in [0.15, 0.2) is 29.1 Å². The average molecular weight is 371 g/mol. The van der Waals surface area contributed by atoms with E-state index in [-0.39, 0.29) is 16.1 Å². The fraction of sp³-hybridized carbons (Fsp3) is 0.222. The van der Waals surface area contributed by atoms with Gasteiger partial charge in [0.05, 0.1) is 10.3 Å². The van der Waals surface area contributed by atoms with Gasteiger partial charge in [-0.25, -0.2) is 9.78 Å². The number of benzene rings is 1. The van der Waals surface area contributed by atoms with E-state index in [0.29, 0.717) is 16.0 Å². The van der Waals surface area contributed by atoms with Gasteiger partial charge in [-0.1, -0.05) is 23.8 Å². The maximum absolute atomic E-state index is 13.1. The Hall–Kier alpha value is -3.00. The van der Waals surface area contributed by atoms with E-state index >= 15 is 0 Å². The Labute approximate surface area is 152 Å². The number of carbonyl (C=O) groups excluding carboxylic acids is 1. The van der Waals surface area contributed by atoms with Crippen molar-refractivity contribution < 1.29 is 14.7 Å². The van der Waals surface area contributed by atoms with E-state index in [1.165, 1.54) is 6.92 Å². The van der Waals surface area contributed by atoms with Gasteiger partial charge in [-0.05, 0) is 32.4 Å². The van der Waals surface area contributed by atoms with E-state index < -0.39 is 23.5 Å². The molecule has 7 nitrogen and oxygen atoms in total. The Morgan fingerprint density at radius 2 is 2.00 bits per heavy atom. The van der Waals surface area contributed by atoms with Crippen molar-refractivity contribution in [3.8, 4) is 11.4 Å². The van der Waals surface area contributed by atoms with Crippen LogP contribution in [-0.4, -0.2) is 26.5 Å². The van der Waals surface area contributed by atoms with Crippen LogP contribution in [0.5, 0.6) is 0 Å². The van der Waals surface area contributed by atoms with E-state index in [2.05, 4.69) is 4.98 Å². The number of primary amides is 1. The predicted octanol–water partition coefficient (Wildman–Crippen LogP) is 2.49. The Kier molecular flexibility index (Phi) is 4.37. The van der Waals surface area contributed by atoms with Crippen molar-refractivity contribution in [2.75, 3.05) is 0 Å². The lowest BCUT2D eigenvalue weighted by Gasteiger charge is -2.16. The highest BCUT2D eigenvalue weighted by atomic mass is 32.1. The van der Waals surface area contributed by atoms with Crippen molar-refractivity contribution in [1.29, 1.82) is 0 Å². The molecule has 1 amide bonds. The minimum Gasteiger partial charge on any atom is -0.480 e. The summed E-state index contributed by atoms with van der Waals surface area (Å²) in [5.41, 5.74) is 6.89. The minimum absolute atomic E-state index is 0.230. The van der Waals surface area contributed by atoms with Crippen LogP contribution in [-0.2, 0) is 4.79 Å². The number of carboxylic acid groups (broad SMARTS) is 1. The zero-order chi connectivity index (χ0) is 19.2. The number of amides is 1. The van der Waals surface area contributed by atoms with Crippen LogP contribution in [0.25, 0.3) is 21.6 Å². The number of aliphatic carboxylic acids is 1. The summed E-state index contributed by atoms with van der Waals surface area (Å²) in [4.78, 5) is 41.5. The van der Waals surface area contributed by atoms with Gasteiger partial charge in [0, 0.05) is 5.56 Å². The van der Waals surface area contributed by atoms with Crippen LogP contribution in [0, 0.1) is 13.8 Å². The van der Waals surface area contributed by atoms with Gasteiger partial charge in [0.15, 0.2) is 0 Å². The normalized spacial score (nSPS) is 12.3. The van der Waals surface area contributed by atoms with Gasteiger partial charge in [0.25, 0.3) is 11.5 Å². The standard InChI is InChI=1S/C18H17N3O4S/c1-8-5-4-6-11(7-8)15-20-16-12(9(2)13(26-16)14(19)22)17(23)21(15)10(3)18(24)25/h4-7,10H,1-3H3,(H2,19,22)(H,24,25). The van der Waals surface area contributed by atoms with Crippen molar-refractivity contribution in [3.05, 3.63) is 50.6 Å². The summed E-state index contributed by atoms with van der Waals surface area (Å²) in [7, 11) is 0. The molecule has 0 aliphatic rings. The van der Waals surface area contributed by atoms with Crippen LogP contribution in [0.2, 0.25) is 0 Å². The molecule has 0 spiro atoms. The first-order chi connectivity index (χ1) is 12.2. The monoisotopic (exact) mass is 371 g/mol. The second-order valence-electron chi connectivity index (χ2n) is 6.09. The maximum atomic E-state index is 13.1. The number of rotatable bonds is 4. The van der Waals surface area contributed by atoms with Gasteiger partial charge in [-0.3, -0.25) is 14.2 Å². The summed E-state index contributed by atoms with van der Waals surface area (Å²) in [6.45, 7) is 4.93. The van der Waals surface area contributed by atoms with Crippen molar-refractivity contribution in [2.45, 2.75) is 26.8 Å². The molecule has 0 saturated heterocycles. The Bertz CT molecular complexity index is 1110. The summed E-state index contributed by atoms with van der Waals surface area (Å²) in [5.74, 6) is -1.54. The third-order valence-corrected chi connectivity index (χ3v) is 5.44. The molecule has 8 heteroatoms. The van der Waals surface area contributed by atoms with Crippen molar-refractivity contribution >= 4 is 33.4 Å². The minimum atomic E-state index is -1.15. The zero-order valence-corrected chi connectivity index (χ0v) is 15.3. The van der Waals surface area contributed by atoms with Gasteiger partial charge in [0.1, 0.15) is 16.7 Å². The summed E-state index contributed by atoms with van der Waals surface area (Å²) < 4.78 is 1.16. The molecule has 0 fully saturated rings. The average Bonchev–Trinajstić information content (AvgIpc) is 2.91. The number of carbonyl (C=O) groups is 2. The van der Waals surface area contributed by atoms with Crippen molar-refractivity contribution in [1.82, 2.24) is 9.55 Å². The maximum Gasteiger partial charge on any atom is 0.326 e. The number of thiophene rings is 1. The number of nitrogens with two attached hydrogens (primary N) is 1. The predicted molar refractivity (Wildman–Crippen MR) is 99.7 cm³/mol. The van der Waals surface area contributed by atoms with Gasteiger partial charge in [-0.2, -0.15) is 0 Å². The quantitative estimate of drug-likeness (QED) is 0.731. The fourth-order valence-electron chi connectivity index (χ4n) is 2.89. The first kappa shape index (κ1) is 17.8. The zero-order valence-electron chi connectivity index (χ0n) is 14.4. The Balaban J connectivity index is 2.46. The van der Waals surface area contributed by atoms with E-state index in [4.69, 9.17) is 5.73 Å². The molecule has 2 heterocycles. The molecule has 1 aromatic carbocycles. The van der Waals surface area contributed by atoms with E-state index in [1.54, 1.807) is 13.0 Å². The van der Waals surface area contributed by atoms with Gasteiger partial charge in [-0.15, -0.1) is 11.3 Å². The van der Waals surface area contributed by atoms with Crippen LogP contribution in [0.4, 0.5) is 0 Å². The molecule has 3 N–H and O–H groups in total. The summed E-state index contributed by atoms with van der Waals surface area (Å²) in [5, 5.41) is 9.69. The number of nitrogens with zero attached hydrogens (tertiary/aromatic N) is 2. The molecular weight excluding hydrogens is 354 g/mol. The van der Waals surface area contributed by atoms with Gasteiger partial charge >= 0.3 is 5.97 Å². The fourth-order valence-corrected chi connectivity index (χ4v) is 3.91. The van der Waals surface area contributed by atoms with Crippen molar-refractivity contribution in [2.24, 2.45) is 5.73 Å².